The molecule has 25 heavy (non-hydrogen) atoms. The first kappa shape index (κ1) is 18.1. The number of rotatable bonds is 7. The first-order valence-electron chi connectivity index (χ1n) is 9.45. The molecule has 1 aliphatic heterocycles. The molecule has 1 aromatic carbocycles. The molecule has 2 aromatic rings. The second-order valence-corrected chi connectivity index (χ2v) is 7.85. The first-order valence-corrected chi connectivity index (χ1v) is 9.45. The van der Waals surface area contributed by atoms with E-state index in [4.69, 9.17) is 0 Å². The monoisotopic (exact) mass is 340 g/mol. The summed E-state index contributed by atoms with van der Waals surface area (Å²) in [5, 5.41) is 3.93. The Morgan fingerprint density at radius 2 is 1.92 bits per heavy atom. The molecule has 3 heteroatoms. The van der Waals surface area contributed by atoms with Gasteiger partial charge >= 0.3 is 0 Å². The molecule has 0 amide bonds. The van der Waals surface area contributed by atoms with Crippen molar-refractivity contribution in [1.29, 1.82) is 0 Å². The Bertz CT molecular complexity index is 687. The van der Waals surface area contributed by atoms with Crippen molar-refractivity contribution in [2.24, 2.45) is 0 Å². The van der Waals surface area contributed by atoms with Gasteiger partial charge in [-0.25, -0.2) is 4.39 Å². The van der Waals surface area contributed by atoms with Gasteiger partial charge in [0.1, 0.15) is 5.82 Å². The highest BCUT2D eigenvalue weighted by atomic mass is 19.1. The molecule has 134 valence electrons. The Hall–Kier alpha value is -1.74. The quantitative estimate of drug-likeness (QED) is 0.760. The van der Waals surface area contributed by atoms with E-state index in [9.17, 15) is 4.39 Å². The van der Waals surface area contributed by atoms with Crippen molar-refractivity contribution in [1.82, 2.24) is 10.3 Å². The SMILES string of the molecule is CCC1(Cc2cncc(F)c2)CCC(C)(CCCc2ccccc2)N1. The summed E-state index contributed by atoms with van der Waals surface area (Å²) in [6, 6.07) is 12.3. The highest BCUT2D eigenvalue weighted by molar-refractivity contribution is 5.18. The normalized spacial score (nSPS) is 26.0. The molecule has 0 radical (unpaired) electrons. The van der Waals surface area contributed by atoms with Crippen LogP contribution in [-0.4, -0.2) is 16.1 Å². The van der Waals surface area contributed by atoms with Gasteiger partial charge in [0, 0.05) is 17.3 Å². The predicted molar refractivity (Wildman–Crippen MR) is 101 cm³/mol. The number of pyridine rings is 1. The molecule has 0 aliphatic carbocycles. The highest BCUT2D eigenvalue weighted by Crippen LogP contribution is 2.38. The Morgan fingerprint density at radius 1 is 1.12 bits per heavy atom. The van der Waals surface area contributed by atoms with E-state index in [1.165, 1.54) is 31.0 Å². The van der Waals surface area contributed by atoms with Crippen molar-refractivity contribution in [2.45, 2.75) is 69.9 Å². The third-order valence-corrected chi connectivity index (χ3v) is 5.74. The van der Waals surface area contributed by atoms with Crippen LogP contribution in [0.5, 0.6) is 0 Å². The predicted octanol–water partition coefficient (Wildman–Crippen LogP) is 5.08. The summed E-state index contributed by atoms with van der Waals surface area (Å²) in [6.07, 6.45) is 10.8. The zero-order valence-electron chi connectivity index (χ0n) is 15.4. The van der Waals surface area contributed by atoms with Crippen molar-refractivity contribution in [3.8, 4) is 0 Å². The smallest absolute Gasteiger partial charge is 0.141 e. The maximum Gasteiger partial charge on any atom is 0.141 e. The standard InChI is InChI=1S/C22H29FN2/c1-3-22(15-19-14-20(23)17-24-16-19)13-12-21(2,25-22)11-7-10-18-8-5-4-6-9-18/h4-6,8-9,14,16-17,25H,3,7,10-13,15H2,1-2H3. The average molecular weight is 340 g/mol. The Labute approximate surface area is 150 Å². The number of nitrogens with one attached hydrogen (secondary N) is 1. The molecule has 1 N–H and O–H groups in total. The van der Waals surface area contributed by atoms with E-state index in [0.29, 0.717) is 0 Å². The number of aromatic nitrogens is 1. The average Bonchev–Trinajstić information content (AvgIpc) is 2.93. The number of nitrogens with zero attached hydrogens (tertiary/aromatic N) is 1. The molecule has 0 bridgehead atoms. The fourth-order valence-corrected chi connectivity index (χ4v) is 4.26. The second-order valence-electron chi connectivity index (χ2n) is 7.85. The number of benzene rings is 1. The Morgan fingerprint density at radius 3 is 2.64 bits per heavy atom. The maximum absolute atomic E-state index is 13.5. The van der Waals surface area contributed by atoms with Gasteiger partial charge in [-0.1, -0.05) is 37.3 Å². The summed E-state index contributed by atoms with van der Waals surface area (Å²) >= 11 is 0. The topological polar surface area (TPSA) is 24.9 Å². The van der Waals surface area contributed by atoms with E-state index in [1.807, 2.05) is 0 Å². The van der Waals surface area contributed by atoms with Crippen molar-refractivity contribution in [3.05, 3.63) is 65.7 Å². The van der Waals surface area contributed by atoms with E-state index in [2.05, 4.69) is 54.5 Å². The molecular formula is C22H29FN2. The minimum absolute atomic E-state index is 0.0664. The van der Waals surface area contributed by atoms with Crippen LogP contribution in [0.3, 0.4) is 0 Å². The molecule has 0 saturated carbocycles. The largest absolute Gasteiger partial charge is 0.306 e. The van der Waals surface area contributed by atoms with Gasteiger partial charge in [0.05, 0.1) is 6.20 Å². The molecule has 2 heterocycles. The zero-order valence-corrected chi connectivity index (χ0v) is 15.4. The van der Waals surface area contributed by atoms with Gasteiger partial charge in [0.15, 0.2) is 0 Å². The van der Waals surface area contributed by atoms with Gasteiger partial charge in [-0.2, -0.15) is 0 Å². The van der Waals surface area contributed by atoms with Crippen molar-refractivity contribution < 1.29 is 4.39 Å². The third kappa shape index (κ3) is 4.66. The Balaban J connectivity index is 1.59. The van der Waals surface area contributed by atoms with E-state index in [0.717, 1.165) is 31.2 Å². The van der Waals surface area contributed by atoms with E-state index in [1.54, 1.807) is 12.3 Å². The summed E-state index contributed by atoms with van der Waals surface area (Å²) in [4.78, 5) is 4.01. The van der Waals surface area contributed by atoms with Gasteiger partial charge < -0.3 is 5.32 Å². The molecule has 0 spiro atoms. The summed E-state index contributed by atoms with van der Waals surface area (Å²) in [7, 11) is 0. The van der Waals surface area contributed by atoms with Crippen molar-refractivity contribution in [2.75, 3.05) is 0 Å². The van der Waals surface area contributed by atoms with Crippen LogP contribution in [0.1, 0.15) is 57.1 Å². The van der Waals surface area contributed by atoms with Crippen molar-refractivity contribution in [3.63, 3.8) is 0 Å². The van der Waals surface area contributed by atoms with Crippen molar-refractivity contribution >= 4 is 0 Å². The lowest BCUT2D eigenvalue weighted by atomic mass is 9.87. The van der Waals surface area contributed by atoms with Crippen LogP contribution in [0.15, 0.2) is 48.8 Å². The number of hydrogen-bond acceptors (Lipinski definition) is 2. The first-order chi connectivity index (χ1) is 12.0. The van der Waals surface area contributed by atoms with Crippen LogP contribution in [0, 0.1) is 5.82 Å². The minimum Gasteiger partial charge on any atom is -0.306 e. The van der Waals surface area contributed by atoms with Crippen LogP contribution in [0.25, 0.3) is 0 Å². The number of hydrogen-bond donors (Lipinski definition) is 1. The summed E-state index contributed by atoms with van der Waals surface area (Å²) in [5.74, 6) is -0.243. The second kappa shape index (κ2) is 7.65. The summed E-state index contributed by atoms with van der Waals surface area (Å²) in [5.41, 5.74) is 2.64. The van der Waals surface area contributed by atoms with E-state index < -0.39 is 0 Å². The summed E-state index contributed by atoms with van der Waals surface area (Å²) < 4.78 is 13.5. The molecule has 2 nitrogen and oxygen atoms in total. The molecule has 1 saturated heterocycles. The molecule has 3 rings (SSSR count). The molecule has 1 fully saturated rings. The maximum atomic E-state index is 13.5. The van der Waals surface area contributed by atoms with Crippen LogP contribution < -0.4 is 5.32 Å². The zero-order chi connectivity index (χ0) is 17.8. The molecule has 1 aliphatic rings. The van der Waals surface area contributed by atoms with E-state index >= 15 is 0 Å². The van der Waals surface area contributed by atoms with Crippen LogP contribution in [0.4, 0.5) is 4.39 Å². The van der Waals surface area contributed by atoms with Crippen LogP contribution in [-0.2, 0) is 12.8 Å². The van der Waals surface area contributed by atoms with Gasteiger partial charge in [0.25, 0.3) is 0 Å². The Kier molecular flexibility index (Phi) is 5.53. The molecule has 2 unspecified atom stereocenters. The molecular weight excluding hydrogens is 311 g/mol. The molecule has 1 aromatic heterocycles. The third-order valence-electron chi connectivity index (χ3n) is 5.74. The highest BCUT2D eigenvalue weighted by Gasteiger charge is 2.43. The fourth-order valence-electron chi connectivity index (χ4n) is 4.26. The van der Waals surface area contributed by atoms with Gasteiger partial charge in [-0.05, 0) is 69.1 Å². The van der Waals surface area contributed by atoms with Crippen LogP contribution >= 0.6 is 0 Å². The number of aryl methyl sites for hydroxylation is 1. The molecule has 2 atom stereocenters. The summed E-state index contributed by atoms with van der Waals surface area (Å²) in [6.45, 7) is 4.58. The lowest BCUT2D eigenvalue weighted by molar-refractivity contribution is 0.281. The van der Waals surface area contributed by atoms with Gasteiger partial charge in [0.2, 0.25) is 0 Å². The minimum atomic E-state index is -0.243. The lowest BCUT2D eigenvalue weighted by Crippen LogP contribution is -2.50. The van der Waals surface area contributed by atoms with Gasteiger partial charge in [-0.3, -0.25) is 4.98 Å². The fraction of sp³-hybridized carbons (Fsp3) is 0.500. The van der Waals surface area contributed by atoms with Gasteiger partial charge in [-0.15, -0.1) is 0 Å². The van der Waals surface area contributed by atoms with E-state index in [-0.39, 0.29) is 16.9 Å². The number of halogens is 1. The van der Waals surface area contributed by atoms with Crippen LogP contribution in [0.2, 0.25) is 0 Å². The lowest BCUT2D eigenvalue weighted by Gasteiger charge is -2.34.